The van der Waals surface area contributed by atoms with E-state index in [4.69, 9.17) is 30.8 Å². The van der Waals surface area contributed by atoms with Crippen LogP contribution in [0.4, 0.5) is 0 Å². The molecule has 1 aromatic carbocycles. The molecule has 3 rings (SSSR count). The molecule has 2 fully saturated rings. The smallest absolute Gasteiger partial charge is 0.193 e. The van der Waals surface area contributed by atoms with Crippen molar-refractivity contribution >= 4 is 17.6 Å². The topological polar surface area (TPSA) is 55.3 Å². The molecule has 2 aliphatic rings. The lowest BCUT2D eigenvalue weighted by Crippen LogP contribution is -2.43. The third-order valence-corrected chi connectivity index (χ3v) is 6.27. The van der Waals surface area contributed by atoms with Gasteiger partial charge < -0.3 is 24.4 Å². The van der Waals surface area contributed by atoms with E-state index in [-0.39, 0.29) is 5.41 Å². The Morgan fingerprint density at radius 2 is 2.10 bits per heavy atom. The van der Waals surface area contributed by atoms with Crippen LogP contribution in [-0.2, 0) is 14.9 Å². The molecule has 30 heavy (non-hydrogen) atoms. The molecule has 0 radical (unpaired) electrons. The van der Waals surface area contributed by atoms with Crippen molar-refractivity contribution < 1.29 is 14.2 Å². The molecule has 6 nitrogen and oxygen atoms in total. The number of halogens is 1. The van der Waals surface area contributed by atoms with Crippen molar-refractivity contribution in [3.63, 3.8) is 0 Å². The van der Waals surface area contributed by atoms with Crippen LogP contribution in [0.25, 0.3) is 0 Å². The maximum atomic E-state index is 6.36. The fraction of sp³-hybridized carbons (Fsp3) is 0.696. The summed E-state index contributed by atoms with van der Waals surface area (Å²) in [5, 5.41) is 4.14. The summed E-state index contributed by atoms with van der Waals surface area (Å²) in [5.41, 5.74) is 0.967. The first kappa shape index (κ1) is 23.2. The Morgan fingerprint density at radius 1 is 1.33 bits per heavy atom. The SMILES string of the molecule is CCNC(=NCC1(c2cc(Cl)ccc2OC)CCOCC1)N(C)CCOCC1CC1. The van der Waals surface area contributed by atoms with Crippen LogP contribution >= 0.6 is 11.6 Å². The molecule has 0 unspecified atom stereocenters. The third kappa shape index (κ3) is 6.25. The Balaban J connectivity index is 1.74. The molecule has 0 aromatic heterocycles. The maximum Gasteiger partial charge on any atom is 0.193 e. The largest absolute Gasteiger partial charge is 0.496 e. The van der Waals surface area contributed by atoms with E-state index >= 15 is 0 Å². The van der Waals surface area contributed by atoms with Gasteiger partial charge >= 0.3 is 0 Å². The van der Waals surface area contributed by atoms with Crippen LogP contribution in [-0.4, -0.2) is 71.1 Å². The Labute approximate surface area is 185 Å². The number of ether oxygens (including phenoxy) is 3. The molecule has 1 aromatic rings. The zero-order chi connectivity index (χ0) is 21.4. The fourth-order valence-electron chi connectivity index (χ4n) is 3.91. The standard InChI is InChI=1S/C23H36ClN3O3/c1-4-25-22(27(2)11-14-30-16-18-5-6-18)26-17-23(9-12-29-13-10-23)20-15-19(24)7-8-21(20)28-3/h7-8,15,18H,4-6,9-14,16-17H2,1-3H3,(H,25,26). The van der Waals surface area contributed by atoms with Gasteiger partial charge in [0.25, 0.3) is 0 Å². The van der Waals surface area contributed by atoms with Crippen LogP contribution in [0.5, 0.6) is 5.75 Å². The molecule has 0 bridgehead atoms. The van der Waals surface area contributed by atoms with Gasteiger partial charge in [-0.25, -0.2) is 0 Å². The Bertz CT molecular complexity index is 703. The summed E-state index contributed by atoms with van der Waals surface area (Å²) in [6, 6.07) is 5.86. The zero-order valence-electron chi connectivity index (χ0n) is 18.6. The van der Waals surface area contributed by atoms with E-state index in [1.54, 1.807) is 7.11 Å². The number of nitrogens with zero attached hydrogens (tertiary/aromatic N) is 2. The number of aliphatic imine (C=N–C) groups is 1. The van der Waals surface area contributed by atoms with Crippen molar-refractivity contribution in [2.75, 3.05) is 60.2 Å². The number of guanidine groups is 1. The number of methoxy groups -OCH3 is 1. The van der Waals surface area contributed by atoms with E-state index in [1.807, 2.05) is 18.2 Å². The summed E-state index contributed by atoms with van der Waals surface area (Å²) < 4.78 is 17.2. The summed E-state index contributed by atoms with van der Waals surface area (Å²) in [7, 11) is 3.78. The lowest BCUT2D eigenvalue weighted by molar-refractivity contribution is 0.0522. The first-order valence-electron chi connectivity index (χ1n) is 11.1. The normalized spacial score (nSPS) is 18.9. The van der Waals surface area contributed by atoms with E-state index in [0.717, 1.165) is 67.4 Å². The van der Waals surface area contributed by atoms with Crippen LogP contribution in [0.3, 0.4) is 0 Å². The zero-order valence-corrected chi connectivity index (χ0v) is 19.3. The van der Waals surface area contributed by atoms with Gasteiger partial charge in [0.05, 0.1) is 20.3 Å². The molecule has 0 amide bonds. The molecule has 1 aliphatic heterocycles. The molecule has 1 saturated carbocycles. The monoisotopic (exact) mass is 437 g/mol. The predicted molar refractivity (Wildman–Crippen MR) is 122 cm³/mol. The van der Waals surface area contributed by atoms with Crippen molar-refractivity contribution in [3.8, 4) is 5.75 Å². The molecule has 168 valence electrons. The third-order valence-electron chi connectivity index (χ3n) is 6.03. The summed E-state index contributed by atoms with van der Waals surface area (Å²) in [4.78, 5) is 7.19. The number of hydrogen-bond donors (Lipinski definition) is 1. The number of benzene rings is 1. The Kier molecular flexibility index (Phi) is 8.66. The van der Waals surface area contributed by atoms with Gasteiger partial charge in [0.1, 0.15) is 5.75 Å². The van der Waals surface area contributed by atoms with Gasteiger partial charge in [-0.05, 0) is 56.7 Å². The fourth-order valence-corrected chi connectivity index (χ4v) is 4.08. The molecule has 1 aliphatic carbocycles. The van der Waals surface area contributed by atoms with Crippen molar-refractivity contribution in [2.45, 2.75) is 38.0 Å². The van der Waals surface area contributed by atoms with Gasteiger partial charge in [-0.2, -0.15) is 0 Å². The van der Waals surface area contributed by atoms with Gasteiger partial charge in [-0.1, -0.05) is 11.6 Å². The molecular weight excluding hydrogens is 402 g/mol. The first-order valence-corrected chi connectivity index (χ1v) is 11.4. The molecule has 7 heteroatoms. The highest BCUT2D eigenvalue weighted by Crippen LogP contribution is 2.41. The minimum Gasteiger partial charge on any atom is -0.496 e. The quantitative estimate of drug-likeness (QED) is 0.343. The molecule has 1 heterocycles. The molecule has 1 saturated heterocycles. The van der Waals surface area contributed by atoms with Crippen LogP contribution in [0.15, 0.2) is 23.2 Å². The lowest BCUT2D eigenvalue weighted by Gasteiger charge is -2.38. The van der Waals surface area contributed by atoms with E-state index < -0.39 is 0 Å². The second kappa shape index (κ2) is 11.2. The molecule has 0 atom stereocenters. The molecule has 1 N–H and O–H groups in total. The molecular formula is C23H36ClN3O3. The Morgan fingerprint density at radius 3 is 2.77 bits per heavy atom. The number of nitrogens with one attached hydrogen (secondary N) is 1. The Hall–Kier alpha value is -1.50. The highest BCUT2D eigenvalue weighted by molar-refractivity contribution is 6.30. The number of hydrogen-bond acceptors (Lipinski definition) is 4. The van der Waals surface area contributed by atoms with Crippen LogP contribution < -0.4 is 10.1 Å². The second-order valence-corrected chi connectivity index (χ2v) is 8.78. The minimum absolute atomic E-state index is 0.154. The van der Waals surface area contributed by atoms with Crippen LogP contribution in [0, 0.1) is 5.92 Å². The average molecular weight is 438 g/mol. The van der Waals surface area contributed by atoms with Crippen LogP contribution in [0.2, 0.25) is 5.02 Å². The van der Waals surface area contributed by atoms with Gasteiger partial charge in [0.2, 0.25) is 0 Å². The van der Waals surface area contributed by atoms with Gasteiger partial charge in [0.15, 0.2) is 5.96 Å². The minimum atomic E-state index is -0.154. The summed E-state index contributed by atoms with van der Waals surface area (Å²) >= 11 is 6.36. The lowest BCUT2D eigenvalue weighted by atomic mass is 9.73. The van der Waals surface area contributed by atoms with E-state index in [1.165, 1.54) is 12.8 Å². The number of likely N-dealkylation sites (N-methyl/N-ethyl adjacent to an activating group) is 1. The predicted octanol–water partition coefficient (Wildman–Crippen LogP) is 3.72. The van der Waals surface area contributed by atoms with Gasteiger partial charge in [0, 0.05) is 56.0 Å². The highest BCUT2D eigenvalue weighted by atomic mass is 35.5. The van der Waals surface area contributed by atoms with Crippen molar-refractivity contribution in [3.05, 3.63) is 28.8 Å². The second-order valence-electron chi connectivity index (χ2n) is 8.35. The summed E-state index contributed by atoms with van der Waals surface area (Å²) in [6.07, 6.45) is 4.42. The molecule has 0 spiro atoms. The summed E-state index contributed by atoms with van der Waals surface area (Å²) in [6.45, 7) is 7.43. The van der Waals surface area contributed by atoms with E-state index in [0.29, 0.717) is 19.8 Å². The van der Waals surface area contributed by atoms with Crippen molar-refractivity contribution in [2.24, 2.45) is 10.9 Å². The maximum absolute atomic E-state index is 6.36. The van der Waals surface area contributed by atoms with Crippen LogP contribution in [0.1, 0.15) is 38.2 Å². The summed E-state index contributed by atoms with van der Waals surface area (Å²) in [5.74, 6) is 2.56. The average Bonchev–Trinajstić information content (AvgIpc) is 3.59. The van der Waals surface area contributed by atoms with Gasteiger partial charge in [-0.15, -0.1) is 0 Å². The van der Waals surface area contributed by atoms with E-state index in [9.17, 15) is 0 Å². The highest BCUT2D eigenvalue weighted by Gasteiger charge is 2.37. The van der Waals surface area contributed by atoms with Gasteiger partial charge in [-0.3, -0.25) is 4.99 Å². The van der Waals surface area contributed by atoms with E-state index in [2.05, 4.69) is 24.2 Å². The first-order chi connectivity index (χ1) is 14.6. The van der Waals surface area contributed by atoms with Crippen molar-refractivity contribution in [1.82, 2.24) is 10.2 Å². The van der Waals surface area contributed by atoms with Crippen molar-refractivity contribution in [1.29, 1.82) is 0 Å². The number of rotatable bonds is 10.